The summed E-state index contributed by atoms with van der Waals surface area (Å²) in [6, 6.07) is 9.38. The number of hydrogen-bond acceptors (Lipinski definition) is 7. The highest BCUT2D eigenvalue weighted by Crippen LogP contribution is 2.39. The minimum Gasteiger partial charge on any atom is -0.490 e. The minimum atomic E-state index is -0.648. The van der Waals surface area contributed by atoms with Gasteiger partial charge >= 0.3 is 5.97 Å². The Labute approximate surface area is 203 Å². The van der Waals surface area contributed by atoms with Crippen molar-refractivity contribution < 1.29 is 33.0 Å². The molecular formula is C23H21BrFNO6S. The quantitative estimate of drug-likeness (QED) is 0.322. The van der Waals surface area contributed by atoms with Crippen molar-refractivity contribution in [3.8, 4) is 11.5 Å². The SMILES string of the molecule is CCOC(=O)CN1C(=O)S/C(=C/c2cc(Br)c(OCc3ccc(F)cc3)c(OCC)c2)C1=O. The number of rotatable bonds is 9. The van der Waals surface area contributed by atoms with Gasteiger partial charge in [0, 0.05) is 0 Å². The summed E-state index contributed by atoms with van der Waals surface area (Å²) in [6.07, 6.45) is 1.55. The molecule has 1 aliphatic rings. The smallest absolute Gasteiger partial charge is 0.326 e. The maximum atomic E-state index is 13.1. The summed E-state index contributed by atoms with van der Waals surface area (Å²) in [5.74, 6) is -0.653. The number of halogens is 2. The third-order valence-electron chi connectivity index (χ3n) is 4.39. The molecule has 0 aliphatic carbocycles. The maximum Gasteiger partial charge on any atom is 0.326 e. The molecule has 1 aliphatic heterocycles. The van der Waals surface area contributed by atoms with Gasteiger partial charge in [0.15, 0.2) is 11.5 Å². The lowest BCUT2D eigenvalue weighted by molar-refractivity contribution is -0.145. The topological polar surface area (TPSA) is 82.1 Å². The molecule has 0 bridgehead atoms. The van der Waals surface area contributed by atoms with E-state index in [1.54, 1.807) is 37.3 Å². The van der Waals surface area contributed by atoms with Gasteiger partial charge in [-0.1, -0.05) is 12.1 Å². The third kappa shape index (κ3) is 6.35. The zero-order chi connectivity index (χ0) is 24.0. The molecule has 0 N–H and O–H groups in total. The van der Waals surface area contributed by atoms with Crippen LogP contribution in [0.25, 0.3) is 6.08 Å². The second-order valence-corrected chi connectivity index (χ2v) is 8.60. The maximum absolute atomic E-state index is 13.1. The molecule has 10 heteroatoms. The Balaban J connectivity index is 1.81. The van der Waals surface area contributed by atoms with Crippen LogP contribution in [0.5, 0.6) is 11.5 Å². The molecule has 2 aromatic rings. The number of imide groups is 1. The van der Waals surface area contributed by atoms with Crippen molar-refractivity contribution in [2.45, 2.75) is 20.5 Å². The number of ether oxygens (including phenoxy) is 3. The van der Waals surface area contributed by atoms with Crippen LogP contribution in [0.15, 0.2) is 45.8 Å². The summed E-state index contributed by atoms with van der Waals surface area (Å²) in [5.41, 5.74) is 1.38. The molecule has 1 heterocycles. The first-order valence-corrected chi connectivity index (χ1v) is 11.7. The van der Waals surface area contributed by atoms with E-state index in [-0.39, 0.29) is 23.9 Å². The van der Waals surface area contributed by atoms with E-state index < -0.39 is 23.7 Å². The first kappa shape index (κ1) is 24.8. The van der Waals surface area contributed by atoms with E-state index >= 15 is 0 Å². The van der Waals surface area contributed by atoms with Gasteiger partial charge < -0.3 is 14.2 Å². The van der Waals surface area contributed by atoms with Gasteiger partial charge in [0.05, 0.1) is 22.6 Å². The highest BCUT2D eigenvalue weighted by molar-refractivity contribution is 9.10. The molecule has 0 saturated carbocycles. The summed E-state index contributed by atoms with van der Waals surface area (Å²) < 4.78 is 30.1. The first-order valence-electron chi connectivity index (χ1n) is 10.1. The zero-order valence-electron chi connectivity index (χ0n) is 17.9. The van der Waals surface area contributed by atoms with Crippen LogP contribution >= 0.6 is 27.7 Å². The predicted octanol–water partition coefficient (Wildman–Crippen LogP) is 5.17. The molecule has 2 amide bonds. The molecule has 0 spiro atoms. The molecule has 3 rings (SSSR count). The average molecular weight is 538 g/mol. The Morgan fingerprint density at radius 3 is 2.52 bits per heavy atom. The largest absolute Gasteiger partial charge is 0.490 e. The molecule has 7 nitrogen and oxygen atoms in total. The Kier molecular flexibility index (Phi) is 8.51. The lowest BCUT2D eigenvalue weighted by atomic mass is 10.1. The lowest BCUT2D eigenvalue weighted by Crippen LogP contribution is -2.34. The standard InChI is InChI=1S/C23H21BrFNO6S/c1-3-30-18-10-15(9-17(24)21(18)32-13-14-5-7-16(25)8-6-14)11-19-22(28)26(23(29)33-19)12-20(27)31-4-2/h5-11H,3-4,12-13H2,1-2H3/b19-11+. The molecule has 0 atom stereocenters. The van der Waals surface area contributed by atoms with Crippen molar-refractivity contribution in [1.82, 2.24) is 4.90 Å². The molecule has 2 aromatic carbocycles. The van der Waals surface area contributed by atoms with E-state index in [4.69, 9.17) is 14.2 Å². The van der Waals surface area contributed by atoms with Crippen molar-refractivity contribution >= 4 is 50.9 Å². The van der Waals surface area contributed by atoms with Crippen molar-refractivity contribution in [1.29, 1.82) is 0 Å². The van der Waals surface area contributed by atoms with Crippen LogP contribution in [0.4, 0.5) is 9.18 Å². The second-order valence-electron chi connectivity index (χ2n) is 6.75. The van der Waals surface area contributed by atoms with Gasteiger partial charge in [0.25, 0.3) is 11.1 Å². The van der Waals surface area contributed by atoms with Crippen molar-refractivity contribution in [2.75, 3.05) is 19.8 Å². The first-order chi connectivity index (χ1) is 15.8. The number of amides is 2. The zero-order valence-corrected chi connectivity index (χ0v) is 20.3. The van der Waals surface area contributed by atoms with Crippen LogP contribution in [0.2, 0.25) is 0 Å². The van der Waals surface area contributed by atoms with E-state index in [9.17, 15) is 18.8 Å². The van der Waals surface area contributed by atoms with E-state index in [1.165, 1.54) is 12.1 Å². The van der Waals surface area contributed by atoms with Crippen LogP contribution in [-0.4, -0.2) is 41.8 Å². The van der Waals surface area contributed by atoms with Gasteiger partial charge in [-0.3, -0.25) is 19.3 Å². The van der Waals surface area contributed by atoms with Crippen LogP contribution in [-0.2, 0) is 20.9 Å². The number of carbonyl (C=O) groups is 3. The van der Waals surface area contributed by atoms with Gasteiger partial charge in [-0.15, -0.1) is 0 Å². The molecule has 1 fully saturated rings. The van der Waals surface area contributed by atoms with Gasteiger partial charge in [0.2, 0.25) is 0 Å². The Morgan fingerprint density at radius 1 is 1.12 bits per heavy atom. The summed E-state index contributed by atoms with van der Waals surface area (Å²) in [6.45, 7) is 3.77. The Hall–Kier alpha value is -2.85. The average Bonchev–Trinajstić information content (AvgIpc) is 3.02. The van der Waals surface area contributed by atoms with Gasteiger partial charge in [-0.05, 0) is 83.0 Å². The summed E-state index contributed by atoms with van der Waals surface area (Å²) in [4.78, 5) is 37.5. The van der Waals surface area contributed by atoms with Crippen molar-refractivity contribution in [2.24, 2.45) is 0 Å². The number of thioether (sulfide) groups is 1. The lowest BCUT2D eigenvalue weighted by Gasteiger charge is -2.15. The number of benzene rings is 2. The fraction of sp³-hybridized carbons (Fsp3) is 0.261. The number of carbonyl (C=O) groups excluding carboxylic acids is 3. The van der Waals surface area contributed by atoms with E-state index in [0.29, 0.717) is 28.1 Å². The molecule has 174 valence electrons. The molecular weight excluding hydrogens is 517 g/mol. The number of nitrogens with zero attached hydrogens (tertiary/aromatic N) is 1. The van der Waals surface area contributed by atoms with Crippen molar-refractivity contribution in [3.05, 3.63) is 62.7 Å². The molecule has 0 radical (unpaired) electrons. The second kappa shape index (κ2) is 11.3. The molecule has 33 heavy (non-hydrogen) atoms. The summed E-state index contributed by atoms with van der Waals surface area (Å²) in [5, 5.41) is -0.539. The van der Waals surface area contributed by atoms with Crippen LogP contribution < -0.4 is 9.47 Å². The fourth-order valence-corrected chi connectivity index (χ4v) is 4.35. The number of esters is 1. The van der Waals surface area contributed by atoms with E-state index in [2.05, 4.69) is 15.9 Å². The number of hydrogen-bond donors (Lipinski definition) is 0. The predicted molar refractivity (Wildman–Crippen MR) is 125 cm³/mol. The Morgan fingerprint density at radius 2 is 1.85 bits per heavy atom. The Bertz CT molecular complexity index is 1090. The third-order valence-corrected chi connectivity index (χ3v) is 5.89. The highest BCUT2D eigenvalue weighted by Gasteiger charge is 2.36. The summed E-state index contributed by atoms with van der Waals surface area (Å²) >= 11 is 4.21. The minimum absolute atomic E-state index is 0.161. The molecule has 0 aromatic heterocycles. The van der Waals surface area contributed by atoms with E-state index in [1.807, 2.05) is 6.92 Å². The normalized spacial score (nSPS) is 14.7. The van der Waals surface area contributed by atoms with E-state index in [0.717, 1.165) is 22.2 Å². The summed E-state index contributed by atoms with van der Waals surface area (Å²) in [7, 11) is 0. The molecule has 1 saturated heterocycles. The van der Waals surface area contributed by atoms with Gasteiger partial charge in [0.1, 0.15) is 19.0 Å². The fourth-order valence-electron chi connectivity index (χ4n) is 2.93. The van der Waals surface area contributed by atoms with Gasteiger partial charge in [-0.2, -0.15) is 0 Å². The monoisotopic (exact) mass is 537 g/mol. The molecule has 0 unspecified atom stereocenters. The highest BCUT2D eigenvalue weighted by atomic mass is 79.9. The van der Waals surface area contributed by atoms with Crippen LogP contribution in [0.1, 0.15) is 25.0 Å². The van der Waals surface area contributed by atoms with Crippen molar-refractivity contribution in [3.63, 3.8) is 0 Å². The van der Waals surface area contributed by atoms with Crippen LogP contribution in [0, 0.1) is 5.82 Å². The van der Waals surface area contributed by atoms with Crippen LogP contribution in [0.3, 0.4) is 0 Å². The van der Waals surface area contributed by atoms with Gasteiger partial charge in [-0.25, -0.2) is 4.39 Å².